The Bertz CT molecular complexity index is 312. The number of halogens is 2. The molecule has 2 N–H and O–H groups in total. The minimum atomic E-state index is -0.365. The van der Waals surface area contributed by atoms with E-state index in [0.29, 0.717) is 17.0 Å². The van der Waals surface area contributed by atoms with Crippen LogP contribution in [-0.2, 0) is 0 Å². The van der Waals surface area contributed by atoms with Crippen molar-refractivity contribution >= 4 is 11.6 Å². The summed E-state index contributed by atoms with van der Waals surface area (Å²) < 4.78 is 13.2. The van der Waals surface area contributed by atoms with Gasteiger partial charge in [-0.2, -0.15) is 0 Å². The van der Waals surface area contributed by atoms with E-state index in [2.05, 4.69) is 6.58 Å². The van der Waals surface area contributed by atoms with Crippen molar-refractivity contribution in [3.63, 3.8) is 0 Å². The van der Waals surface area contributed by atoms with Crippen LogP contribution < -0.4 is 5.73 Å². The van der Waals surface area contributed by atoms with Crippen LogP contribution in [0.3, 0.4) is 0 Å². The Balaban J connectivity index is 2.97. The van der Waals surface area contributed by atoms with Crippen LogP contribution in [0.2, 0.25) is 5.02 Å². The van der Waals surface area contributed by atoms with Gasteiger partial charge in [0.2, 0.25) is 0 Å². The van der Waals surface area contributed by atoms with Gasteiger partial charge in [-0.3, -0.25) is 0 Å². The molecule has 70 valence electrons. The Labute approximate surface area is 82.0 Å². The van der Waals surface area contributed by atoms with E-state index >= 15 is 0 Å². The standard InChI is InChI=1S/C10H11ClFN/c1-2-3-10(13)8-6-7(11)4-5-9(8)12/h2,4-6,10H,1,3,13H2/t10-/m1/s1. The molecule has 1 aromatic rings. The molecule has 0 unspecified atom stereocenters. The summed E-state index contributed by atoms with van der Waals surface area (Å²) in [6, 6.07) is 4.00. The van der Waals surface area contributed by atoms with Crippen molar-refractivity contribution in [2.45, 2.75) is 12.5 Å². The molecule has 1 rings (SSSR count). The van der Waals surface area contributed by atoms with Gasteiger partial charge in [-0.05, 0) is 24.6 Å². The summed E-state index contributed by atoms with van der Waals surface area (Å²) in [6.07, 6.45) is 2.20. The maximum absolute atomic E-state index is 13.2. The zero-order valence-electron chi connectivity index (χ0n) is 7.13. The lowest BCUT2D eigenvalue weighted by Gasteiger charge is -2.10. The molecule has 0 aliphatic rings. The van der Waals surface area contributed by atoms with Crippen molar-refractivity contribution in [1.29, 1.82) is 0 Å². The van der Waals surface area contributed by atoms with E-state index in [0.717, 1.165) is 0 Å². The van der Waals surface area contributed by atoms with Crippen molar-refractivity contribution in [3.8, 4) is 0 Å². The Morgan fingerprint density at radius 2 is 2.31 bits per heavy atom. The van der Waals surface area contributed by atoms with E-state index < -0.39 is 0 Å². The Hall–Kier alpha value is -0.860. The van der Waals surface area contributed by atoms with Crippen molar-refractivity contribution in [2.75, 3.05) is 0 Å². The van der Waals surface area contributed by atoms with Gasteiger partial charge in [0.1, 0.15) is 5.82 Å². The normalized spacial score (nSPS) is 12.5. The quantitative estimate of drug-likeness (QED) is 0.744. The highest BCUT2D eigenvalue weighted by atomic mass is 35.5. The second-order valence-electron chi connectivity index (χ2n) is 2.80. The third-order valence-corrected chi connectivity index (χ3v) is 2.01. The minimum Gasteiger partial charge on any atom is -0.324 e. The molecule has 0 aliphatic carbocycles. The van der Waals surface area contributed by atoms with Gasteiger partial charge in [-0.1, -0.05) is 17.7 Å². The summed E-state index contributed by atoms with van der Waals surface area (Å²) in [7, 11) is 0. The number of hydrogen-bond donors (Lipinski definition) is 1. The molecule has 0 bridgehead atoms. The monoisotopic (exact) mass is 199 g/mol. The smallest absolute Gasteiger partial charge is 0.128 e. The van der Waals surface area contributed by atoms with Gasteiger partial charge >= 0.3 is 0 Å². The zero-order chi connectivity index (χ0) is 9.84. The van der Waals surface area contributed by atoms with Crippen LogP contribution in [0.1, 0.15) is 18.0 Å². The molecule has 3 heteroatoms. The molecule has 0 spiro atoms. The average molecular weight is 200 g/mol. The fourth-order valence-electron chi connectivity index (χ4n) is 1.11. The maximum Gasteiger partial charge on any atom is 0.128 e. The number of benzene rings is 1. The van der Waals surface area contributed by atoms with E-state index in [1.54, 1.807) is 12.1 Å². The highest BCUT2D eigenvalue weighted by Gasteiger charge is 2.09. The summed E-state index contributed by atoms with van der Waals surface area (Å²) >= 11 is 5.71. The molecule has 0 saturated carbocycles. The van der Waals surface area contributed by atoms with Gasteiger partial charge in [0.05, 0.1) is 0 Å². The Morgan fingerprint density at radius 1 is 1.62 bits per heavy atom. The largest absolute Gasteiger partial charge is 0.324 e. The lowest BCUT2D eigenvalue weighted by atomic mass is 10.0. The molecule has 0 radical (unpaired) electrons. The van der Waals surface area contributed by atoms with E-state index in [1.165, 1.54) is 12.1 Å². The summed E-state index contributed by atoms with van der Waals surface area (Å²) in [5, 5.41) is 0.496. The van der Waals surface area contributed by atoms with Crippen molar-refractivity contribution in [3.05, 3.63) is 47.3 Å². The highest BCUT2D eigenvalue weighted by molar-refractivity contribution is 6.30. The summed E-state index contributed by atoms with van der Waals surface area (Å²) in [5.74, 6) is -0.321. The molecule has 1 atom stereocenters. The predicted octanol–water partition coefficient (Wildman–Crippen LogP) is 3.06. The van der Waals surface area contributed by atoms with E-state index in [1.807, 2.05) is 0 Å². The van der Waals surface area contributed by atoms with Crippen LogP contribution in [-0.4, -0.2) is 0 Å². The molecule has 1 aromatic carbocycles. The third-order valence-electron chi connectivity index (χ3n) is 1.78. The first-order valence-electron chi connectivity index (χ1n) is 3.96. The minimum absolute atomic E-state index is 0.321. The first-order valence-corrected chi connectivity index (χ1v) is 4.34. The Morgan fingerprint density at radius 3 is 2.92 bits per heavy atom. The number of rotatable bonds is 3. The van der Waals surface area contributed by atoms with Crippen LogP contribution >= 0.6 is 11.6 Å². The van der Waals surface area contributed by atoms with Crippen LogP contribution in [0.25, 0.3) is 0 Å². The van der Waals surface area contributed by atoms with E-state index in [9.17, 15) is 4.39 Å². The van der Waals surface area contributed by atoms with Gasteiger partial charge in [-0.15, -0.1) is 6.58 Å². The fraction of sp³-hybridized carbons (Fsp3) is 0.200. The second-order valence-corrected chi connectivity index (χ2v) is 3.23. The molecular weight excluding hydrogens is 189 g/mol. The van der Waals surface area contributed by atoms with Crippen molar-refractivity contribution in [2.24, 2.45) is 5.73 Å². The second kappa shape index (κ2) is 4.40. The zero-order valence-corrected chi connectivity index (χ0v) is 7.89. The average Bonchev–Trinajstić information content (AvgIpc) is 2.09. The molecule has 1 nitrogen and oxygen atoms in total. The van der Waals surface area contributed by atoms with Gasteiger partial charge in [0.15, 0.2) is 0 Å². The number of hydrogen-bond acceptors (Lipinski definition) is 1. The van der Waals surface area contributed by atoms with Crippen LogP contribution in [0.15, 0.2) is 30.9 Å². The first kappa shape index (κ1) is 10.2. The number of nitrogens with two attached hydrogens (primary N) is 1. The molecule has 0 heterocycles. The topological polar surface area (TPSA) is 26.0 Å². The molecule has 0 saturated heterocycles. The predicted molar refractivity (Wildman–Crippen MR) is 53.2 cm³/mol. The van der Waals surface area contributed by atoms with Gasteiger partial charge in [0.25, 0.3) is 0 Å². The lowest BCUT2D eigenvalue weighted by Crippen LogP contribution is -2.10. The van der Waals surface area contributed by atoms with E-state index in [4.69, 9.17) is 17.3 Å². The van der Waals surface area contributed by atoms with Gasteiger partial charge in [0, 0.05) is 16.6 Å². The maximum atomic E-state index is 13.2. The Kier molecular flexibility index (Phi) is 3.46. The van der Waals surface area contributed by atoms with E-state index in [-0.39, 0.29) is 11.9 Å². The molecule has 0 aromatic heterocycles. The highest BCUT2D eigenvalue weighted by Crippen LogP contribution is 2.21. The molecule has 13 heavy (non-hydrogen) atoms. The summed E-state index contributed by atoms with van der Waals surface area (Å²) in [4.78, 5) is 0. The fourth-order valence-corrected chi connectivity index (χ4v) is 1.29. The molecule has 0 aliphatic heterocycles. The van der Waals surface area contributed by atoms with Crippen molar-refractivity contribution < 1.29 is 4.39 Å². The summed E-state index contributed by atoms with van der Waals surface area (Å²) in [6.45, 7) is 3.54. The van der Waals surface area contributed by atoms with Gasteiger partial charge in [-0.25, -0.2) is 4.39 Å². The van der Waals surface area contributed by atoms with Crippen LogP contribution in [0.4, 0.5) is 4.39 Å². The van der Waals surface area contributed by atoms with Gasteiger partial charge < -0.3 is 5.73 Å². The van der Waals surface area contributed by atoms with Crippen LogP contribution in [0.5, 0.6) is 0 Å². The molecule has 0 amide bonds. The summed E-state index contributed by atoms with van der Waals surface area (Å²) in [5.41, 5.74) is 6.14. The lowest BCUT2D eigenvalue weighted by molar-refractivity contribution is 0.583. The first-order chi connectivity index (χ1) is 6.15. The van der Waals surface area contributed by atoms with Crippen LogP contribution in [0, 0.1) is 5.82 Å². The third kappa shape index (κ3) is 2.54. The molecule has 0 fully saturated rings. The SMILES string of the molecule is C=CC[C@@H](N)c1cc(Cl)ccc1F. The molecular formula is C10H11ClFN. The van der Waals surface area contributed by atoms with Crippen molar-refractivity contribution in [1.82, 2.24) is 0 Å².